The lowest BCUT2D eigenvalue weighted by Crippen LogP contribution is -2.35. The number of likely N-dealkylation sites (N-methyl/N-ethyl adjacent to an activating group) is 2. The molecule has 3 N–H and O–H groups in total. The zero-order valence-electron chi connectivity index (χ0n) is 11.2. The fourth-order valence-electron chi connectivity index (χ4n) is 2.09. The fourth-order valence-corrected chi connectivity index (χ4v) is 2.09. The number of pyridine rings is 1. The molecular weight excluding hydrogens is 240 g/mol. The van der Waals surface area contributed by atoms with Crippen LogP contribution in [0, 0.1) is 0 Å². The van der Waals surface area contributed by atoms with Gasteiger partial charge in [0, 0.05) is 48.1 Å². The first-order valence-electron chi connectivity index (χ1n) is 6.23. The van der Waals surface area contributed by atoms with Crippen molar-refractivity contribution < 1.29 is 4.79 Å². The molecule has 5 heteroatoms. The second-order valence-electron chi connectivity index (χ2n) is 4.40. The van der Waals surface area contributed by atoms with E-state index in [1.165, 1.54) is 0 Å². The Morgan fingerprint density at radius 3 is 2.89 bits per heavy atom. The van der Waals surface area contributed by atoms with Crippen LogP contribution in [-0.4, -0.2) is 31.0 Å². The molecule has 2 aromatic rings. The van der Waals surface area contributed by atoms with Crippen LogP contribution in [0.3, 0.4) is 0 Å². The Balaban J connectivity index is 2.35. The maximum atomic E-state index is 11.6. The van der Waals surface area contributed by atoms with Gasteiger partial charge in [0.1, 0.15) is 0 Å². The molecule has 0 saturated carbocycles. The normalized spacial score (nSPS) is 10.4. The average Bonchev–Trinajstić information content (AvgIpc) is 2.39. The van der Waals surface area contributed by atoms with Gasteiger partial charge in [-0.15, -0.1) is 0 Å². The number of hydrogen-bond donors (Lipinski definition) is 2. The van der Waals surface area contributed by atoms with E-state index in [4.69, 9.17) is 5.73 Å². The van der Waals surface area contributed by atoms with E-state index in [9.17, 15) is 4.79 Å². The number of nitrogen functional groups attached to an aromatic ring is 1. The summed E-state index contributed by atoms with van der Waals surface area (Å²) in [6.45, 7) is 2.85. The second kappa shape index (κ2) is 5.56. The molecule has 0 aliphatic rings. The number of amides is 1. The Hall–Kier alpha value is -2.30. The SMILES string of the molecule is CCNC(=O)CN(C)c1ccc(N)c2ccncc12. The fraction of sp³-hybridized carbons (Fsp3) is 0.286. The number of fused-ring (bicyclic) bond motifs is 1. The van der Waals surface area contributed by atoms with Gasteiger partial charge in [-0.2, -0.15) is 0 Å². The average molecular weight is 258 g/mol. The summed E-state index contributed by atoms with van der Waals surface area (Å²) in [4.78, 5) is 17.7. The molecular formula is C14H18N4O. The number of nitrogens with zero attached hydrogens (tertiary/aromatic N) is 2. The first-order valence-corrected chi connectivity index (χ1v) is 6.23. The molecule has 5 nitrogen and oxygen atoms in total. The molecule has 100 valence electrons. The van der Waals surface area contributed by atoms with Gasteiger partial charge in [0.05, 0.1) is 6.54 Å². The van der Waals surface area contributed by atoms with E-state index in [1.54, 1.807) is 12.4 Å². The molecule has 1 heterocycles. The number of rotatable bonds is 4. The van der Waals surface area contributed by atoms with Gasteiger partial charge >= 0.3 is 0 Å². The van der Waals surface area contributed by atoms with Crippen LogP contribution in [0.4, 0.5) is 11.4 Å². The molecule has 1 amide bonds. The lowest BCUT2D eigenvalue weighted by atomic mass is 10.1. The summed E-state index contributed by atoms with van der Waals surface area (Å²) in [5, 5.41) is 4.69. The Morgan fingerprint density at radius 1 is 1.37 bits per heavy atom. The molecule has 0 aliphatic carbocycles. The number of carbonyl (C=O) groups is 1. The molecule has 0 atom stereocenters. The van der Waals surface area contributed by atoms with Gasteiger partial charge < -0.3 is 16.0 Å². The molecule has 0 saturated heterocycles. The van der Waals surface area contributed by atoms with Crippen molar-refractivity contribution in [2.24, 2.45) is 0 Å². The second-order valence-corrected chi connectivity index (χ2v) is 4.40. The van der Waals surface area contributed by atoms with Gasteiger partial charge in [0.15, 0.2) is 0 Å². The number of nitrogens with one attached hydrogen (secondary N) is 1. The number of carbonyl (C=O) groups excluding carboxylic acids is 1. The van der Waals surface area contributed by atoms with E-state index in [0.717, 1.165) is 16.5 Å². The molecule has 2 rings (SSSR count). The van der Waals surface area contributed by atoms with Gasteiger partial charge in [-0.1, -0.05) is 0 Å². The minimum atomic E-state index is -0.00105. The van der Waals surface area contributed by atoms with E-state index in [1.807, 2.05) is 37.1 Å². The highest BCUT2D eigenvalue weighted by atomic mass is 16.2. The van der Waals surface area contributed by atoms with Crippen LogP contribution in [0.25, 0.3) is 10.8 Å². The highest BCUT2D eigenvalue weighted by molar-refractivity contribution is 6.01. The van der Waals surface area contributed by atoms with Crippen LogP contribution < -0.4 is 16.0 Å². The molecule has 0 unspecified atom stereocenters. The minimum Gasteiger partial charge on any atom is -0.398 e. The summed E-state index contributed by atoms with van der Waals surface area (Å²) in [5.41, 5.74) is 7.61. The molecule has 0 fully saturated rings. The van der Waals surface area contributed by atoms with Crippen LogP contribution in [-0.2, 0) is 4.79 Å². The van der Waals surface area contributed by atoms with E-state index in [-0.39, 0.29) is 5.91 Å². The molecule has 0 radical (unpaired) electrons. The van der Waals surface area contributed by atoms with E-state index >= 15 is 0 Å². The van der Waals surface area contributed by atoms with E-state index < -0.39 is 0 Å². The van der Waals surface area contributed by atoms with Crippen molar-refractivity contribution in [3.63, 3.8) is 0 Å². The zero-order chi connectivity index (χ0) is 13.8. The zero-order valence-corrected chi connectivity index (χ0v) is 11.2. The standard InChI is InChI=1S/C14H18N4O/c1-3-17-14(19)9-18(2)13-5-4-12(15)10-6-7-16-8-11(10)13/h4-8H,3,9,15H2,1-2H3,(H,17,19). The topological polar surface area (TPSA) is 71.2 Å². The van der Waals surface area contributed by atoms with Gasteiger partial charge in [0.2, 0.25) is 5.91 Å². The van der Waals surface area contributed by atoms with Crippen molar-refractivity contribution >= 4 is 28.1 Å². The predicted molar refractivity (Wildman–Crippen MR) is 78.1 cm³/mol. The summed E-state index contributed by atoms with van der Waals surface area (Å²) >= 11 is 0. The summed E-state index contributed by atoms with van der Waals surface area (Å²) in [7, 11) is 1.88. The van der Waals surface area contributed by atoms with E-state index in [2.05, 4.69) is 10.3 Å². The first-order chi connectivity index (χ1) is 9.13. The van der Waals surface area contributed by atoms with Crippen molar-refractivity contribution in [1.29, 1.82) is 0 Å². The van der Waals surface area contributed by atoms with Crippen molar-refractivity contribution in [3.05, 3.63) is 30.6 Å². The van der Waals surface area contributed by atoms with Crippen molar-refractivity contribution in [2.75, 3.05) is 30.8 Å². The lowest BCUT2D eigenvalue weighted by molar-refractivity contribution is -0.119. The Morgan fingerprint density at radius 2 is 2.16 bits per heavy atom. The number of anilines is 2. The quantitative estimate of drug-likeness (QED) is 0.813. The van der Waals surface area contributed by atoms with Crippen molar-refractivity contribution in [1.82, 2.24) is 10.3 Å². The highest BCUT2D eigenvalue weighted by Crippen LogP contribution is 2.29. The Kier molecular flexibility index (Phi) is 3.85. The molecule has 0 spiro atoms. The smallest absolute Gasteiger partial charge is 0.239 e. The number of benzene rings is 1. The third-order valence-electron chi connectivity index (χ3n) is 2.99. The Labute approximate surface area is 112 Å². The van der Waals surface area contributed by atoms with Crippen LogP contribution in [0.5, 0.6) is 0 Å². The third kappa shape index (κ3) is 2.76. The molecule has 0 bridgehead atoms. The number of aromatic nitrogens is 1. The number of hydrogen-bond acceptors (Lipinski definition) is 4. The summed E-state index contributed by atoms with van der Waals surface area (Å²) in [5.74, 6) is -0.00105. The van der Waals surface area contributed by atoms with Crippen molar-refractivity contribution in [3.8, 4) is 0 Å². The van der Waals surface area contributed by atoms with E-state index in [0.29, 0.717) is 18.8 Å². The highest BCUT2D eigenvalue weighted by Gasteiger charge is 2.11. The van der Waals surface area contributed by atoms with Crippen molar-refractivity contribution in [2.45, 2.75) is 6.92 Å². The van der Waals surface area contributed by atoms with Crippen LogP contribution in [0.15, 0.2) is 30.6 Å². The summed E-state index contributed by atoms with van der Waals surface area (Å²) in [6, 6.07) is 5.65. The molecule has 1 aromatic carbocycles. The van der Waals surface area contributed by atoms with Crippen LogP contribution >= 0.6 is 0 Å². The number of nitrogens with two attached hydrogens (primary N) is 1. The summed E-state index contributed by atoms with van der Waals surface area (Å²) in [6.07, 6.45) is 3.49. The van der Waals surface area contributed by atoms with Crippen LogP contribution in [0.1, 0.15) is 6.92 Å². The largest absolute Gasteiger partial charge is 0.398 e. The van der Waals surface area contributed by atoms with Gasteiger partial charge in [0.25, 0.3) is 0 Å². The first kappa shape index (κ1) is 13.1. The minimum absolute atomic E-state index is 0.00105. The molecule has 19 heavy (non-hydrogen) atoms. The Bertz CT molecular complexity index is 597. The van der Waals surface area contributed by atoms with Gasteiger partial charge in [-0.3, -0.25) is 9.78 Å². The van der Waals surface area contributed by atoms with Gasteiger partial charge in [-0.05, 0) is 25.1 Å². The maximum absolute atomic E-state index is 11.6. The third-order valence-corrected chi connectivity index (χ3v) is 2.99. The van der Waals surface area contributed by atoms with Gasteiger partial charge in [-0.25, -0.2) is 0 Å². The molecule has 0 aliphatic heterocycles. The predicted octanol–water partition coefficient (Wildman–Crippen LogP) is 1.39. The molecule has 1 aromatic heterocycles. The lowest BCUT2D eigenvalue weighted by Gasteiger charge is -2.21. The summed E-state index contributed by atoms with van der Waals surface area (Å²) < 4.78 is 0. The van der Waals surface area contributed by atoms with Crippen LogP contribution in [0.2, 0.25) is 0 Å². The maximum Gasteiger partial charge on any atom is 0.239 e. The monoisotopic (exact) mass is 258 g/mol.